The van der Waals surface area contributed by atoms with E-state index in [2.05, 4.69) is 16.6 Å². The molecule has 1 saturated heterocycles. The highest BCUT2D eigenvalue weighted by atomic mass is 32.2. The molecule has 2 N–H and O–H groups in total. The number of Topliss-reactive ketones (excluding diaryl/α,β-unsaturated/α-hetero) is 1. The first-order valence-corrected chi connectivity index (χ1v) is 20.5. The molecule has 5 atom stereocenters. The van der Waals surface area contributed by atoms with E-state index in [4.69, 9.17) is 18.9 Å². The van der Waals surface area contributed by atoms with Crippen molar-refractivity contribution in [1.29, 1.82) is 0 Å². The van der Waals surface area contributed by atoms with Crippen molar-refractivity contribution in [2.24, 2.45) is 16.7 Å². The minimum atomic E-state index is -3.89. The van der Waals surface area contributed by atoms with Gasteiger partial charge in [-0.1, -0.05) is 45.1 Å². The lowest BCUT2D eigenvalue weighted by Crippen LogP contribution is -2.57. The van der Waals surface area contributed by atoms with Gasteiger partial charge in [0.25, 0.3) is 0 Å². The van der Waals surface area contributed by atoms with E-state index in [1.165, 1.54) is 15.9 Å². The lowest BCUT2D eigenvalue weighted by molar-refractivity contribution is -0.142. The van der Waals surface area contributed by atoms with Gasteiger partial charge in [0.15, 0.2) is 17.3 Å². The average molecular weight is 785 g/mol. The molecule has 3 heterocycles. The Balaban J connectivity index is 1.27. The molecule has 1 unspecified atom stereocenters. The van der Waals surface area contributed by atoms with Crippen LogP contribution in [-0.2, 0) is 47.0 Å². The minimum Gasteiger partial charge on any atom is -0.493 e. The van der Waals surface area contributed by atoms with Gasteiger partial charge in [-0.2, -0.15) is 0 Å². The molecule has 0 aromatic heterocycles. The molecule has 55 heavy (non-hydrogen) atoms. The number of amides is 4. The van der Waals surface area contributed by atoms with Crippen LogP contribution in [0.5, 0.6) is 11.5 Å². The van der Waals surface area contributed by atoms with Gasteiger partial charge < -0.3 is 29.2 Å². The van der Waals surface area contributed by atoms with Gasteiger partial charge >= 0.3 is 12.2 Å². The van der Waals surface area contributed by atoms with Crippen molar-refractivity contribution in [2.75, 3.05) is 26.9 Å². The van der Waals surface area contributed by atoms with E-state index in [0.29, 0.717) is 30.8 Å². The van der Waals surface area contributed by atoms with Crippen LogP contribution in [0, 0.1) is 16.7 Å². The van der Waals surface area contributed by atoms with E-state index in [1.807, 2.05) is 18.2 Å². The molecule has 4 amide bonds. The summed E-state index contributed by atoms with van der Waals surface area (Å²) in [7, 11) is -2.34. The Morgan fingerprint density at radius 1 is 1.11 bits per heavy atom. The van der Waals surface area contributed by atoms with Crippen LogP contribution < -0.4 is 19.5 Å². The number of carbonyl (C=O) groups is 5. The number of cyclic esters (lactones) is 1. The maximum Gasteiger partial charge on any atom is 0.410 e. The largest absolute Gasteiger partial charge is 0.493 e. The van der Waals surface area contributed by atoms with Crippen molar-refractivity contribution in [3.05, 3.63) is 48.1 Å². The van der Waals surface area contributed by atoms with Crippen molar-refractivity contribution in [2.45, 2.75) is 109 Å². The number of nitrogens with zero attached hydrogens (tertiary/aromatic N) is 2. The Morgan fingerprint density at radius 3 is 2.55 bits per heavy atom. The fraction of sp³-hybridized carbons (Fsp3) is 0.615. The number of ether oxygens (including phenoxy) is 4. The summed E-state index contributed by atoms with van der Waals surface area (Å²) >= 11 is 0. The molecule has 0 radical (unpaired) electrons. The van der Waals surface area contributed by atoms with Gasteiger partial charge in [-0.15, -0.1) is 6.58 Å². The molecule has 2 saturated carbocycles. The molecule has 3 aliphatic heterocycles. The number of benzene rings is 1. The molecular weight excluding hydrogens is 733 g/mol. The average Bonchev–Trinajstić information content (AvgIpc) is 4.02. The molecule has 3 fully saturated rings. The number of fused-ring (bicyclic) bond motifs is 3. The van der Waals surface area contributed by atoms with Gasteiger partial charge in [0, 0.05) is 24.9 Å². The van der Waals surface area contributed by atoms with Crippen molar-refractivity contribution in [3.8, 4) is 11.5 Å². The number of sulfonamides is 1. The number of alkyl carbamates (subject to hydrolysis) is 1. The summed E-state index contributed by atoms with van der Waals surface area (Å²) < 4.78 is 50.7. The zero-order chi connectivity index (χ0) is 39.7. The molecule has 1 aromatic carbocycles. The molecule has 5 aliphatic rings. The van der Waals surface area contributed by atoms with Crippen LogP contribution in [0.2, 0.25) is 0 Å². The Morgan fingerprint density at radius 2 is 1.87 bits per heavy atom. The maximum absolute atomic E-state index is 14.5. The number of nitrogens with one attached hydrogen (secondary N) is 2. The quantitative estimate of drug-likeness (QED) is 0.361. The molecule has 0 spiro atoms. The second-order valence-corrected chi connectivity index (χ2v) is 18.2. The number of ketones is 1. The van der Waals surface area contributed by atoms with E-state index in [0.717, 1.165) is 24.0 Å². The van der Waals surface area contributed by atoms with Crippen LogP contribution in [0.15, 0.2) is 36.9 Å². The van der Waals surface area contributed by atoms with Gasteiger partial charge in [0.05, 0.1) is 43.5 Å². The first-order chi connectivity index (χ1) is 26.1. The normalized spacial score (nSPS) is 28.3. The van der Waals surface area contributed by atoms with E-state index in [1.54, 1.807) is 33.9 Å². The smallest absolute Gasteiger partial charge is 0.410 e. The van der Waals surface area contributed by atoms with E-state index in [9.17, 15) is 32.4 Å². The minimum absolute atomic E-state index is 0.0657. The highest BCUT2D eigenvalue weighted by Gasteiger charge is 2.61. The summed E-state index contributed by atoms with van der Waals surface area (Å²) in [5, 5.41) is 2.06. The Bertz CT molecular complexity index is 1850. The van der Waals surface area contributed by atoms with Gasteiger partial charge in [-0.05, 0) is 61.5 Å². The molecule has 6 rings (SSSR count). The van der Waals surface area contributed by atoms with Crippen LogP contribution >= 0.6 is 0 Å². The third-order valence-electron chi connectivity index (χ3n) is 11.1. The number of carbonyl (C=O) groups excluding carboxylic acids is 5. The van der Waals surface area contributed by atoms with Crippen molar-refractivity contribution in [3.63, 3.8) is 0 Å². The standard InChI is InChI=1S/C39H52N4O11S/c1-6-25-19-39(25,35(46)41-55(49,50)27-13-14-27)20-30(44)29-18-26-22-43(29)34(45)33(38(2,3)4)40-36(47)53-17-11-9-7-8-10-16-52-32-28-23-42(37(48)54-26)21-24(28)12-15-31(32)51-5/h6,8,10,12,15,25-27,29,33H,1,7,9,11,13-14,16-23H2,2-5H3,(H,40,47)(H,41,46)/b10-8+/t25-,26+,29?,33+,39-/m0/s1. The first kappa shape index (κ1) is 40.1. The topological polar surface area (TPSA) is 187 Å². The van der Waals surface area contributed by atoms with Gasteiger partial charge in [0.2, 0.25) is 21.8 Å². The molecule has 1 aromatic rings. The molecule has 2 aliphatic carbocycles. The van der Waals surface area contributed by atoms with Crippen LogP contribution in [0.25, 0.3) is 0 Å². The molecule has 4 bridgehead atoms. The number of hydrogen-bond acceptors (Lipinski definition) is 11. The lowest BCUT2D eigenvalue weighted by atomic mass is 9.85. The molecule has 15 nitrogen and oxygen atoms in total. The summed E-state index contributed by atoms with van der Waals surface area (Å²) in [5.74, 6) is -1.24. The van der Waals surface area contributed by atoms with Crippen LogP contribution in [0.1, 0.15) is 83.3 Å². The highest BCUT2D eigenvalue weighted by molar-refractivity contribution is 7.90. The van der Waals surface area contributed by atoms with E-state index >= 15 is 0 Å². The summed E-state index contributed by atoms with van der Waals surface area (Å²) in [6, 6.07) is 1.39. The number of rotatable bonds is 8. The predicted molar refractivity (Wildman–Crippen MR) is 199 cm³/mol. The fourth-order valence-electron chi connectivity index (χ4n) is 7.65. The van der Waals surface area contributed by atoms with E-state index < -0.39 is 80.0 Å². The third kappa shape index (κ3) is 8.79. The molecule has 300 valence electrons. The summed E-state index contributed by atoms with van der Waals surface area (Å²) in [6.45, 7) is 9.78. The summed E-state index contributed by atoms with van der Waals surface area (Å²) in [6.07, 6.45) is 5.81. The van der Waals surface area contributed by atoms with Crippen LogP contribution in [0.4, 0.5) is 9.59 Å². The zero-order valence-electron chi connectivity index (χ0n) is 32.0. The van der Waals surface area contributed by atoms with Crippen LogP contribution in [0.3, 0.4) is 0 Å². The van der Waals surface area contributed by atoms with Gasteiger partial charge in [-0.3, -0.25) is 24.0 Å². The molecular formula is C39H52N4O11S. The number of methoxy groups -OCH3 is 1. The SMILES string of the molecule is C=C[C@H]1C[C@@]1(CC(=O)C1C[C@@H]2CN1C(=O)[C@H](C(C)(C)C)NC(=O)OCCCC/C=C/COc1c(OC)ccc3c1CN(C3)C(=O)O2)C(=O)NS(=O)(=O)C1CC1. The third-order valence-corrected chi connectivity index (χ3v) is 12.9. The highest BCUT2D eigenvalue weighted by Crippen LogP contribution is 2.57. The van der Waals surface area contributed by atoms with Crippen LogP contribution in [-0.4, -0.2) is 98.3 Å². The Hall–Kier alpha value is -4.60. The van der Waals surface area contributed by atoms with Gasteiger partial charge in [0.1, 0.15) is 18.8 Å². The Labute approximate surface area is 322 Å². The zero-order valence-corrected chi connectivity index (χ0v) is 32.8. The van der Waals surface area contributed by atoms with Crippen molar-refractivity contribution in [1.82, 2.24) is 19.8 Å². The second kappa shape index (κ2) is 15.9. The first-order valence-electron chi connectivity index (χ1n) is 18.9. The predicted octanol–water partition coefficient (Wildman–Crippen LogP) is 4.14. The second-order valence-electron chi connectivity index (χ2n) is 16.2. The lowest BCUT2D eigenvalue weighted by Gasteiger charge is -2.35. The Kier molecular flexibility index (Phi) is 11.6. The van der Waals surface area contributed by atoms with E-state index in [-0.39, 0.29) is 52.1 Å². The summed E-state index contributed by atoms with van der Waals surface area (Å²) in [5.41, 5.74) is -0.530. The van der Waals surface area contributed by atoms with Crippen molar-refractivity contribution >= 4 is 39.8 Å². The maximum atomic E-state index is 14.5. The number of allylic oxidation sites excluding steroid dienone is 2. The molecule has 16 heteroatoms. The monoisotopic (exact) mass is 784 g/mol. The fourth-order valence-corrected chi connectivity index (χ4v) is 9.03. The number of hydrogen-bond donors (Lipinski definition) is 2. The van der Waals surface area contributed by atoms with Gasteiger partial charge in [-0.25, -0.2) is 18.0 Å². The summed E-state index contributed by atoms with van der Waals surface area (Å²) in [4.78, 5) is 71.9. The van der Waals surface area contributed by atoms with Crippen molar-refractivity contribution < 1.29 is 51.3 Å².